The first kappa shape index (κ1) is 15.4. The van der Waals surface area contributed by atoms with Crippen molar-refractivity contribution in [3.63, 3.8) is 0 Å². The molecule has 0 aliphatic rings. The van der Waals surface area contributed by atoms with Gasteiger partial charge in [0.1, 0.15) is 0 Å². The number of fused-ring (bicyclic) bond motifs is 1. The van der Waals surface area contributed by atoms with Gasteiger partial charge in [-0.05, 0) is 35.9 Å². The quantitative estimate of drug-likeness (QED) is 0.774. The summed E-state index contributed by atoms with van der Waals surface area (Å²) in [6.07, 6.45) is 5.09. The number of hydrogen-bond acceptors (Lipinski definition) is 6. The minimum atomic E-state index is -3.22. The Balaban J connectivity index is 1.84. The zero-order chi connectivity index (χ0) is 16.3. The van der Waals surface area contributed by atoms with E-state index in [0.29, 0.717) is 28.3 Å². The van der Waals surface area contributed by atoms with Crippen molar-refractivity contribution in [3.8, 4) is 0 Å². The van der Waals surface area contributed by atoms with E-state index < -0.39 is 9.84 Å². The lowest BCUT2D eigenvalue weighted by molar-refractivity contribution is 0.597. The Morgan fingerprint density at radius 2 is 1.91 bits per heavy atom. The minimum Gasteiger partial charge on any atom is -0.350 e. The van der Waals surface area contributed by atoms with E-state index in [1.54, 1.807) is 43.7 Å². The maximum absolute atomic E-state index is 11.9. The molecular formula is C16H16N4O2S. The monoisotopic (exact) mass is 328 g/mol. The molecule has 3 aromatic rings. The zero-order valence-corrected chi connectivity index (χ0v) is 13.4. The molecule has 0 bridgehead atoms. The molecule has 2 heterocycles. The molecular weight excluding hydrogens is 312 g/mol. The van der Waals surface area contributed by atoms with Gasteiger partial charge in [-0.15, -0.1) is 0 Å². The van der Waals surface area contributed by atoms with Crippen LogP contribution in [-0.4, -0.2) is 29.1 Å². The molecule has 6 nitrogen and oxygen atoms in total. The van der Waals surface area contributed by atoms with Gasteiger partial charge >= 0.3 is 0 Å². The van der Waals surface area contributed by atoms with Crippen molar-refractivity contribution in [2.45, 2.75) is 18.4 Å². The van der Waals surface area contributed by atoms with Crippen LogP contribution in [-0.2, 0) is 16.4 Å². The van der Waals surface area contributed by atoms with Gasteiger partial charge in [-0.3, -0.25) is 4.98 Å². The van der Waals surface area contributed by atoms with Crippen LogP contribution >= 0.6 is 0 Å². The fraction of sp³-hybridized carbons (Fsp3) is 0.188. The fourth-order valence-corrected chi connectivity index (χ4v) is 3.05. The summed E-state index contributed by atoms with van der Waals surface area (Å²) in [7, 11) is -3.22. The highest BCUT2D eigenvalue weighted by Crippen LogP contribution is 2.19. The summed E-state index contributed by atoms with van der Waals surface area (Å²) in [6.45, 7) is 2.22. The number of nitrogens with one attached hydrogen (secondary N) is 1. The molecule has 1 N–H and O–H groups in total. The van der Waals surface area contributed by atoms with Gasteiger partial charge in [-0.25, -0.2) is 18.4 Å². The predicted molar refractivity (Wildman–Crippen MR) is 88.8 cm³/mol. The summed E-state index contributed by atoms with van der Waals surface area (Å²) in [5.41, 5.74) is 1.78. The molecule has 23 heavy (non-hydrogen) atoms. The standard InChI is InChI=1S/C16H16N4O2S/c1-2-23(21,22)14-3-4-15-13(9-14)11-19-16(20-15)18-10-12-5-7-17-8-6-12/h3-9,11H,2,10H2,1H3,(H,18,19,20). The van der Waals surface area contributed by atoms with E-state index >= 15 is 0 Å². The Morgan fingerprint density at radius 1 is 1.13 bits per heavy atom. The first-order chi connectivity index (χ1) is 11.1. The van der Waals surface area contributed by atoms with Crippen molar-refractivity contribution in [2.75, 3.05) is 11.1 Å². The van der Waals surface area contributed by atoms with Crippen LogP contribution in [0.15, 0.2) is 53.8 Å². The lowest BCUT2D eigenvalue weighted by Gasteiger charge is -2.07. The molecule has 0 atom stereocenters. The Labute approximate surface area is 134 Å². The molecule has 0 saturated heterocycles. The van der Waals surface area contributed by atoms with E-state index in [1.165, 1.54) is 0 Å². The van der Waals surface area contributed by atoms with Crippen LogP contribution in [0, 0.1) is 0 Å². The number of aromatic nitrogens is 3. The van der Waals surface area contributed by atoms with Crippen molar-refractivity contribution in [1.29, 1.82) is 0 Å². The first-order valence-corrected chi connectivity index (χ1v) is 8.86. The van der Waals surface area contributed by atoms with E-state index in [2.05, 4.69) is 20.3 Å². The predicted octanol–water partition coefficient (Wildman–Crippen LogP) is 2.43. The molecule has 3 rings (SSSR count). The van der Waals surface area contributed by atoms with Crippen LogP contribution in [0.3, 0.4) is 0 Å². The van der Waals surface area contributed by atoms with Crippen molar-refractivity contribution in [2.24, 2.45) is 0 Å². The van der Waals surface area contributed by atoms with E-state index in [0.717, 1.165) is 5.56 Å². The van der Waals surface area contributed by atoms with Crippen LogP contribution in [0.5, 0.6) is 0 Å². The average Bonchev–Trinajstić information content (AvgIpc) is 2.60. The van der Waals surface area contributed by atoms with Crippen LogP contribution in [0.4, 0.5) is 5.95 Å². The molecule has 2 aromatic heterocycles. The molecule has 0 amide bonds. The van der Waals surface area contributed by atoms with E-state index in [9.17, 15) is 8.42 Å². The summed E-state index contributed by atoms with van der Waals surface area (Å²) in [5.74, 6) is 0.575. The van der Waals surface area contributed by atoms with Gasteiger partial charge < -0.3 is 5.32 Å². The van der Waals surface area contributed by atoms with Gasteiger partial charge in [-0.1, -0.05) is 6.92 Å². The van der Waals surface area contributed by atoms with Crippen LogP contribution < -0.4 is 5.32 Å². The van der Waals surface area contributed by atoms with Gasteiger partial charge in [-0.2, -0.15) is 0 Å². The highest BCUT2D eigenvalue weighted by Gasteiger charge is 2.12. The van der Waals surface area contributed by atoms with E-state index in [4.69, 9.17) is 0 Å². The van der Waals surface area contributed by atoms with Gasteiger partial charge in [0, 0.05) is 30.5 Å². The molecule has 7 heteroatoms. The third kappa shape index (κ3) is 3.45. The van der Waals surface area contributed by atoms with Crippen LogP contribution in [0.1, 0.15) is 12.5 Å². The molecule has 0 aliphatic heterocycles. The molecule has 0 unspecified atom stereocenters. The second-order valence-corrected chi connectivity index (χ2v) is 7.30. The van der Waals surface area contributed by atoms with Gasteiger partial charge in [0.2, 0.25) is 5.95 Å². The van der Waals surface area contributed by atoms with Crippen LogP contribution in [0.25, 0.3) is 10.9 Å². The number of hydrogen-bond donors (Lipinski definition) is 1. The van der Waals surface area contributed by atoms with Crippen molar-refractivity contribution in [1.82, 2.24) is 15.0 Å². The third-order valence-corrected chi connectivity index (χ3v) is 5.22. The van der Waals surface area contributed by atoms with Gasteiger partial charge in [0.05, 0.1) is 16.2 Å². The number of benzene rings is 1. The van der Waals surface area contributed by atoms with E-state index in [-0.39, 0.29) is 5.75 Å². The Kier molecular flexibility index (Phi) is 4.20. The zero-order valence-electron chi connectivity index (χ0n) is 12.6. The minimum absolute atomic E-state index is 0.0743. The number of sulfone groups is 1. The van der Waals surface area contributed by atoms with Gasteiger partial charge in [0.25, 0.3) is 0 Å². The smallest absolute Gasteiger partial charge is 0.223 e. The highest BCUT2D eigenvalue weighted by molar-refractivity contribution is 7.91. The molecule has 1 aromatic carbocycles. The summed E-state index contributed by atoms with van der Waals surface area (Å²) < 4.78 is 23.8. The third-order valence-electron chi connectivity index (χ3n) is 3.49. The highest BCUT2D eigenvalue weighted by atomic mass is 32.2. The van der Waals surface area contributed by atoms with Gasteiger partial charge in [0.15, 0.2) is 9.84 Å². The SMILES string of the molecule is CCS(=O)(=O)c1ccc2nc(NCc3ccncc3)ncc2c1. The fourth-order valence-electron chi connectivity index (χ4n) is 2.14. The summed E-state index contributed by atoms with van der Waals surface area (Å²) in [6, 6.07) is 8.73. The van der Waals surface area contributed by atoms with Crippen molar-refractivity contribution >= 4 is 26.7 Å². The molecule has 0 aliphatic carbocycles. The largest absolute Gasteiger partial charge is 0.350 e. The second kappa shape index (κ2) is 6.29. The Bertz CT molecular complexity index is 927. The lowest BCUT2D eigenvalue weighted by Crippen LogP contribution is -2.05. The number of rotatable bonds is 5. The second-order valence-electron chi connectivity index (χ2n) is 5.03. The average molecular weight is 328 g/mol. The summed E-state index contributed by atoms with van der Waals surface area (Å²) in [5, 5.41) is 3.84. The maximum atomic E-state index is 11.9. The lowest BCUT2D eigenvalue weighted by atomic mass is 10.2. The maximum Gasteiger partial charge on any atom is 0.223 e. The normalized spacial score (nSPS) is 11.5. The molecule has 0 radical (unpaired) electrons. The molecule has 0 saturated carbocycles. The molecule has 118 valence electrons. The van der Waals surface area contributed by atoms with Crippen molar-refractivity contribution < 1.29 is 8.42 Å². The number of nitrogens with zero attached hydrogens (tertiary/aromatic N) is 3. The molecule has 0 spiro atoms. The van der Waals surface area contributed by atoms with Crippen molar-refractivity contribution in [3.05, 3.63) is 54.5 Å². The number of pyridine rings is 1. The Hall–Kier alpha value is -2.54. The first-order valence-electron chi connectivity index (χ1n) is 7.21. The summed E-state index contributed by atoms with van der Waals surface area (Å²) in [4.78, 5) is 12.9. The van der Waals surface area contributed by atoms with E-state index in [1.807, 2.05) is 12.1 Å². The number of anilines is 1. The summed E-state index contributed by atoms with van der Waals surface area (Å²) >= 11 is 0. The Morgan fingerprint density at radius 3 is 2.65 bits per heavy atom. The van der Waals surface area contributed by atoms with Crippen LogP contribution in [0.2, 0.25) is 0 Å². The topological polar surface area (TPSA) is 84.8 Å². The molecule has 0 fully saturated rings.